The van der Waals surface area contributed by atoms with Crippen molar-refractivity contribution < 1.29 is 36.0 Å². The third kappa shape index (κ3) is 7.17. The summed E-state index contributed by atoms with van der Waals surface area (Å²) in [5.74, 6) is -0.691. The van der Waals surface area contributed by atoms with E-state index in [9.17, 15) is 13.2 Å². The monoisotopic (exact) mass is 671 g/mol. The van der Waals surface area contributed by atoms with Crippen LogP contribution in [0.25, 0.3) is 0 Å². The first-order valence-electron chi connectivity index (χ1n) is 13.6. The third-order valence-electron chi connectivity index (χ3n) is 6.89. The lowest BCUT2D eigenvalue weighted by atomic mass is 9.84. The first-order chi connectivity index (χ1) is 19.2. The molecular weight excluding hydrogens is 633 g/mol. The molecule has 0 aliphatic carbocycles. The Morgan fingerprint density at radius 1 is 1.07 bits per heavy atom. The molecule has 10 nitrogen and oxygen atoms in total. The zero-order valence-electron chi connectivity index (χ0n) is 24.8. The molecule has 1 saturated heterocycles. The van der Waals surface area contributed by atoms with Crippen molar-refractivity contribution in [2.75, 3.05) is 57.2 Å². The van der Waals surface area contributed by atoms with Crippen LogP contribution in [0.5, 0.6) is 17.2 Å². The predicted molar refractivity (Wildman–Crippen MR) is 164 cm³/mol. The number of halogens is 2. The number of anilines is 1. The number of hydrogen-bond acceptors (Lipinski definition) is 9. The second kappa shape index (κ2) is 13.2. The maximum atomic E-state index is 15.5. The molecule has 2 aliphatic heterocycles. The van der Waals surface area contributed by atoms with E-state index >= 15 is 4.39 Å². The fourth-order valence-corrected chi connectivity index (χ4v) is 5.51. The summed E-state index contributed by atoms with van der Waals surface area (Å²) in [6.45, 7) is 11.7. The molecule has 13 heteroatoms. The van der Waals surface area contributed by atoms with E-state index in [0.29, 0.717) is 55.3 Å². The van der Waals surface area contributed by atoms with E-state index in [1.165, 1.54) is 4.90 Å². The van der Waals surface area contributed by atoms with Crippen LogP contribution in [0.4, 0.5) is 10.1 Å². The Bertz CT molecular complexity index is 1450. The van der Waals surface area contributed by atoms with E-state index in [4.69, 9.17) is 23.8 Å². The lowest BCUT2D eigenvalue weighted by Gasteiger charge is -2.33. The van der Waals surface area contributed by atoms with Gasteiger partial charge in [0.2, 0.25) is 0 Å². The molecule has 0 atom stereocenters. The van der Waals surface area contributed by atoms with Crippen LogP contribution in [0.1, 0.15) is 61.7 Å². The number of nitrogens with zero attached hydrogens (tertiary/aromatic N) is 2. The molecule has 0 bridgehead atoms. The highest BCUT2D eigenvalue weighted by Crippen LogP contribution is 2.42. The average molecular weight is 673 g/mol. The van der Waals surface area contributed by atoms with Crippen molar-refractivity contribution in [1.29, 1.82) is 5.41 Å². The molecule has 2 aromatic rings. The number of amidine groups is 1. The molecule has 0 unspecified atom stereocenters. The highest BCUT2D eigenvalue weighted by Gasteiger charge is 2.34. The van der Waals surface area contributed by atoms with Crippen LogP contribution in [0.15, 0.2) is 18.2 Å². The second-order valence-corrected chi connectivity index (χ2v) is 12.6. The van der Waals surface area contributed by atoms with Crippen molar-refractivity contribution in [3.63, 3.8) is 0 Å². The molecule has 2 heterocycles. The van der Waals surface area contributed by atoms with Crippen LogP contribution in [-0.4, -0.2) is 77.3 Å². The Balaban J connectivity index is 0.00000484. The van der Waals surface area contributed by atoms with Gasteiger partial charge in [-0.2, -0.15) is 8.42 Å². The summed E-state index contributed by atoms with van der Waals surface area (Å²) in [5, 5.41) is 8.69. The van der Waals surface area contributed by atoms with E-state index in [1.807, 2.05) is 25.7 Å². The summed E-state index contributed by atoms with van der Waals surface area (Å²) in [7, 11) is -3.87. The van der Waals surface area contributed by atoms with Gasteiger partial charge in [-0.25, -0.2) is 4.39 Å². The summed E-state index contributed by atoms with van der Waals surface area (Å²) >= 11 is 0. The number of ketones is 1. The van der Waals surface area contributed by atoms with Gasteiger partial charge in [0.15, 0.2) is 28.8 Å². The summed E-state index contributed by atoms with van der Waals surface area (Å²) in [5.41, 5.74) is 1.44. The van der Waals surface area contributed by atoms with Crippen LogP contribution >= 0.6 is 17.0 Å². The lowest BCUT2D eigenvalue weighted by Crippen LogP contribution is -2.37. The van der Waals surface area contributed by atoms with E-state index in [1.54, 1.807) is 32.0 Å². The minimum absolute atomic E-state index is 0. The first kappa shape index (κ1) is 33.6. The fourth-order valence-electron chi connectivity index (χ4n) is 5.03. The van der Waals surface area contributed by atoms with Gasteiger partial charge < -0.3 is 28.2 Å². The van der Waals surface area contributed by atoms with Crippen LogP contribution in [-0.2, 0) is 26.8 Å². The van der Waals surface area contributed by atoms with Gasteiger partial charge in [0.1, 0.15) is 5.84 Å². The summed E-state index contributed by atoms with van der Waals surface area (Å²) in [6, 6.07) is 4.95. The van der Waals surface area contributed by atoms with Crippen molar-refractivity contribution in [3.05, 3.63) is 46.3 Å². The fraction of sp³-hybridized carbons (Fsp3) is 0.517. The van der Waals surface area contributed by atoms with Crippen LogP contribution in [0.2, 0.25) is 0 Å². The summed E-state index contributed by atoms with van der Waals surface area (Å²) < 4.78 is 62.1. The predicted octanol–water partition coefficient (Wildman–Crippen LogP) is 4.70. The number of Topliss-reactive ketones (excluding diaryl/α,β-unsaturated/α-hetero) is 1. The number of hydrogen-bond donors (Lipinski definition) is 1. The van der Waals surface area contributed by atoms with E-state index < -0.39 is 21.4 Å². The van der Waals surface area contributed by atoms with Gasteiger partial charge in [0, 0.05) is 30.8 Å². The number of carbonyl (C=O) groups excluding carboxylic acids is 1. The zero-order chi connectivity index (χ0) is 30.1. The minimum Gasteiger partial charge on any atom is -0.490 e. The Hall–Kier alpha value is -2.90. The normalized spacial score (nSPS) is 15.3. The summed E-state index contributed by atoms with van der Waals surface area (Å²) in [6.07, 6.45) is 0.991. The number of rotatable bonds is 10. The Kier molecular flexibility index (Phi) is 10.5. The molecule has 1 N–H and O–H groups in total. The van der Waals surface area contributed by atoms with Crippen molar-refractivity contribution in [1.82, 2.24) is 4.90 Å². The topological polar surface area (TPSA) is 118 Å². The number of benzene rings is 2. The lowest BCUT2D eigenvalue weighted by molar-refractivity contribution is 0.0962. The number of carbonyl (C=O) groups is 1. The Morgan fingerprint density at radius 2 is 1.71 bits per heavy atom. The molecule has 0 amide bonds. The van der Waals surface area contributed by atoms with Gasteiger partial charge in [0.25, 0.3) is 0 Å². The Morgan fingerprint density at radius 3 is 2.29 bits per heavy atom. The highest BCUT2D eigenvalue weighted by atomic mass is 79.9. The van der Waals surface area contributed by atoms with Crippen molar-refractivity contribution in [2.45, 2.75) is 46.6 Å². The number of ether oxygens (including phenoxy) is 3. The van der Waals surface area contributed by atoms with Crippen molar-refractivity contribution in [2.24, 2.45) is 0 Å². The van der Waals surface area contributed by atoms with Gasteiger partial charge in [-0.15, -0.1) is 17.0 Å². The van der Waals surface area contributed by atoms with Gasteiger partial charge in [-0.05, 0) is 43.0 Å². The maximum absolute atomic E-state index is 15.5. The number of morpholine rings is 1. The van der Waals surface area contributed by atoms with Gasteiger partial charge >= 0.3 is 10.1 Å². The second-order valence-electron chi connectivity index (χ2n) is 11.1. The molecule has 2 aliphatic rings. The maximum Gasteiger partial charge on any atom is 0.306 e. The standard InChI is InChI=1S/C29H38FN3O7S.BrH/c1-7-38-23-15-19-16-33(28(31)24(19)25(30)27(23)39-8-2)17-22(34)18-13-20(29(3,4)5)26(40-41(6,35)36)21(14-18)32-9-11-37-12-10-32;/h13-15,31H,7-12,16-17H2,1-6H3;1H. The molecule has 1 fully saturated rings. The number of fused-ring (bicyclic) bond motifs is 1. The highest BCUT2D eigenvalue weighted by molar-refractivity contribution is 8.93. The van der Waals surface area contributed by atoms with Gasteiger partial charge in [0.05, 0.1) is 50.5 Å². The molecular formula is C29H39BrFN3O7S. The minimum atomic E-state index is -3.87. The number of nitrogens with one attached hydrogen (secondary N) is 1. The third-order valence-corrected chi connectivity index (χ3v) is 7.36. The first-order valence-corrected chi connectivity index (χ1v) is 15.5. The average Bonchev–Trinajstić information content (AvgIpc) is 3.20. The van der Waals surface area contributed by atoms with Gasteiger partial charge in [-0.3, -0.25) is 10.2 Å². The molecule has 42 heavy (non-hydrogen) atoms. The Labute approximate surface area is 257 Å². The molecule has 2 aromatic carbocycles. The van der Waals surface area contributed by atoms with Crippen LogP contribution in [0, 0.1) is 11.2 Å². The largest absolute Gasteiger partial charge is 0.490 e. The van der Waals surface area contributed by atoms with Crippen LogP contribution in [0.3, 0.4) is 0 Å². The van der Waals surface area contributed by atoms with E-state index in [0.717, 1.165) is 6.26 Å². The molecule has 0 radical (unpaired) electrons. The molecule has 4 rings (SSSR count). The molecule has 0 saturated carbocycles. The zero-order valence-corrected chi connectivity index (χ0v) is 27.4. The molecule has 0 aromatic heterocycles. The SMILES string of the molecule is Br.CCOc1cc2c(c(F)c1OCC)C(=N)N(CC(=O)c1cc(N3CCOCC3)c(OS(C)(=O)=O)c(C(C)(C)C)c1)C2. The van der Waals surface area contributed by atoms with Crippen molar-refractivity contribution >= 4 is 44.4 Å². The smallest absolute Gasteiger partial charge is 0.306 e. The molecule has 0 spiro atoms. The quantitative estimate of drug-likeness (QED) is 0.283. The van der Waals surface area contributed by atoms with Crippen LogP contribution < -0.4 is 18.6 Å². The molecule has 232 valence electrons. The summed E-state index contributed by atoms with van der Waals surface area (Å²) in [4.78, 5) is 17.2. The van der Waals surface area contributed by atoms with Crippen molar-refractivity contribution in [3.8, 4) is 17.2 Å². The van der Waals surface area contributed by atoms with E-state index in [2.05, 4.69) is 0 Å². The van der Waals surface area contributed by atoms with E-state index in [-0.39, 0.29) is 71.1 Å². The van der Waals surface area contributed by atoms with Gasteiger partial charge in [-0.1, -0.05) is 20.8 Å².